The Labute approximate surface area is 108 Å². The van der Waals surface area contributed by atoms with E-state index in [1.165, 1.54) is 20.1 Å². The SMILES string of the molecule is COc1cc(F)ccc1OC1C(=O)N=C(C)NC1=O. The number of nitrogens with zero attached hydrogens (tertiary/aromatic N) is 1. The van der Waals surface area contributed by atoms with Crippen molar-refractivity contribution in [1.82, 2.24) is 5.32 Å². The van der Waals surface area contributed by atoms with Crippen LogP contribution in [0.4, 0.5) is 4.39 Å². The van der Waals surface area contributed by atoms with Gasteiger partial charge in [0.25, 0.3) is 17.9 Å². The van der Waals surface area contributed by atoms with Crippen LogP contribution in [0.3, 0.4) is 0 Å². The number of hydrogen-bond acceptors (Lipinski definition) is 4. The van der Waals surface area contributed by atoms with Gasteiger partial charge < -0.3 is 14.8 Å². The van der Waals surface area contributed by atoms with Crippen LogP contribution >= 0.6 is 0 Å². The maximum atomic E-state index is 13.0. The fourth-order valence-corrected chi connectivity index (χ4v) is 1.58. The summed E-state index contributed by atoms with van der Waals surface area (Å²) < 4.78 is 23.2. The van der Waals surface area contributed by atoms with Gasteiger partial charge >= 0.3 is 0 Å². The van der Waals surface area contributed by atoms with Crippen molar-refractivity contribution in [2.24, 2.45) is 4.99 Å². The third kappa shape index (κ3) is 2.70. The first kappa shape index (κ1) is 13.0. The van der Waals surface area contributed by atoms with E-state index >= 15 is 0 Å². The van der Waals surface area contributed by atoms with Crippen molar-refractivity contribution in [3.05, 3.63) is 24.0 Å². The first-order chi connectivity index (χ1) is 9.01. The number of carbonyl (C=O) groups excluding carboxylic acids is 2. The summed E-state index contributed by atoms with van der Waals surface area (Å²) in [6, 6.07) is 3.51. The van der Waals surface area contributed by atoms with Gasteiger partial charge in [-0.2, -0.15) is 4.99 Å². The van der Waals surface area contributed by atoms with Gasteiger partial charge in [0.15, 0.2) is 11.5 Å². The van der Waals surface area contributed by atoms with Crippen molar-refractivity contribution in [3.8, 4) is 11.5 Å². The molecule has 0 aromatic heterocycles. The molecule has 1 unspecified atom stereocenters. The summed E-state index contributed by atoms with van der Waals surface area (Å²) in [5.41, 5.74) is 0. The lowest BCUT2D eigenvalue weighted by Crippen LogP contribution is -2.49. The van der Waals surface area contributed by atoms with E-state index in [2.05, 4.69) is 10.3 Å². The zero-order valence-corrected chi connectivity index (χ0v) is 10.3. The number of amidine groups is 1. The topological polar surface area (TPSA) is 77.0 Å². The number of rotatable bonds is 3. The molecule has 19 heavy (non-hydrogen) atoms. The van der Waals surface area contributed by atoms with E-state index in [-0.39, 0.29) is 17.3 Å². The molecule has 0 spiro atoms. The molecular weight excluding hydrogens is 255 g/mol. The van der Waals surface area contributed by atoms with Gasteiger partial charge in [0.05, 0.1) is 7.11 Å². The number of amides is 2. The molecule has 7 heteroatoms. The summed E-state index contributed by atoms with van der Waals surface area (Å²) >= 11 is 0. The molecule has 1 atom stereocenters. The standard InChI is InChI=1S/C12H11FN2O4/c1-6-14-11(16)10(12(17)15-6)19-8-4-3-7(13)5-9(8)18-2/h3-5,10H,1-2H3,(H,14,15,16,17). The summed E-state index contributed by atoms with van der Waals surface area (Å²) in [6.07, 6.45) is -1.40. The number of carbonyl (C=O) groups is 2. The molecular formula is C12H11FN2O4. The van der Waals surface area contributed by atoms with E-state index in [1.807, 2.05) is 0 Å². The Hall–Kier alpha value is -2.44. The van der Waals surface area contributed by atoms with Crippen molar-refractivity contribution in [1.29, 1.82) is 0 Å². The Balaban J connectivity index is 2.26. The minimum Gasteiger partial charge on any atom is -0.493 e. The highest BCUT2D eigenvalue weighted by Crippen LogP contribution is 2.28. The molecule has 0 aliphatic carbocycles. The van der Waals surface area contributed by atoms with Gasteiger partial charge in [0, 0.05) is 6.07 Å². The van der Waals surface area contributed by atoms with E-state index in [0.29, 0.717) is 0 Å². The molecule has 0 fully saturated rings. The van der Waals surface area contributed by atoms with Crippen molar-refractivity contribution in [2.45, 2.75) is 13.0 Å². The highest BCUT2D eigenvalue weighted by molar-refractivity contribution is 6.17. The van der Waals surface area contributed by atoms with Crippen molar-refractivity contribution in [2.75, 3.05) is 7.11 Å². The van der Waals surface area contributed by atoms with Crippen LogP contribution in [0.15, 0.2) is 23.2 Å². The minimum absolute atomic E-state index is 0.0897. The van der Waals surface area contributed by atoms with Crippen molar-refractivity contribution < 1.29 is 23.5 Å². The second-order valence-corrected chi connectivity index (χ2v) is 3.82. The molecule has 2 amide bonds. The van der Waals surface area contributed by atoms with E-state index < -0.39 is 23.7 Å². The molecule has 6 nitrogen and oxygen atoms in total. The third-order valence-corrected chi connectivity index (χ3v) is 2.41. The largest absolute Gasteiger partial charge is 0.493 e. The summed E-state index contributed by atoms with van der Waals surface area (Å²) in [4.78, 5) is 26.8. The number of ether oxygens (including phenoxy) is 2. The van der Waals surface area contributed by atoms with Crippen LogP contribution in [-0.4, -0.2) is 30.9 Å². The smallest absolute Gasteiger partial charge is 0.298 e. The fraction of sp³-hybridized carbons (Fsp3) is 0.250. The summed E-state index contributed by atoms with van der Waals surface area (Å²) in [7, 11) is 1.33. The van der Waals surface area contributed by atoms with Gasteiger partial charge in [-0.15, -0.1) is 0 Å². The van der Waals surface area contributed by atoms with Crippen LogP contribution in [-0.2, 0) is 9.59 Å². The second kappa shape index (κ2) is 5.05. The monoisotopic (exact) mass is 266 g/mol. The Morgan fingerprint density at radius 3 is 2.68 bits per heavy atom. The molecule has 0 bridgehead atoms. The van der Waals surface area contributed by atoms with Gasteiger partial charge in [0.1, 0.15) is 11.7 Å². The van der Waals surface area contributed by atoms with Gasteiger partial charge in [-0.3, -0.25) is 9.59 Å². The van der Waals surface area contributed by atoms with Crippen LogP contribution in [0.5, 0.6) is 11.5 Å². The highest BCUT2D eigenvalue weighted by atomic mass is 19.1. The maximum Gasteiger partial charge on any atom is 0.298 e. The number of aliphatic imine (C=N–C) groups is 1. The molecule has 1 N–H and O–H groups in total. The first-order valence-electron chi connectivity index (χ1n) is 5.41. The maximum absolute atomic E-state index is 13.0. The summed E-state index contributed by atoms with van der Waals surface area (Å²) in [5.74, 6) is -1.46. The molecule has 2 rings (SSSR count). The predicted octanol–water partition coefficient (Wildman–Crippen LogP) is 0.656. The zero-order valence-electron chi connectivity index (χ0n) is 10.3. The minimum atomic E-state index is -1.40. The van der Waals surface area contributed by atoms with Crippen LogP contribution in [0.1, 0.15) is 6.92 Å². The summed E-state index contributed by atoms with van der Waals surface area (Å²) in [5, 5.41) is 2.38. The average Bonchev–Trinajstić information content (AvgIpc) is 2.35. The highest BCUT2D eigenvalue weighted by Gasteiger charge is 2.33. The number of methoxy groups -OCH3 is 1. The fourth-order valence-electron chi connectivity index (χ4n) is 1.58. The van der Waals surface area contributed by atoms with Crippen molar-refractivity contribution in [3.63, 3.8) is 0 Å². The number of benzene rings is 1. The number of halogens is 1. The van der Waals surface area contributed by atoms with Crippen LogP contribution in [0, 0.1) is 5.82 Å². The second-order valence-electron chi connectivity index (χ2n) is 3.82. The Morgan fingerprint density at radius 1 is 1.32 bits per heavy atom. The Morgan fingerprint density at radius 2 is 2.05 bits per heavy atom. The number of nitrogens with one attached hydrogen (secondary N) is 1. The lowest BCUT2D eigenvalue weighted by atomic mass is 10.2. The van der Waals surface area contributed by atoms with Gasteiger partial charge in [-0.05, 0) is 19.1 Å². The Bertz CT molecular complexity index is 571. The molecule has 1 aliphatic heterocycles. The van der Waals surface area contributed by atoms with Crippen LogP contribution in [0.2, 0.25) is 0 Å². The molecule has 1 aromatic carbocycles. The van der Waals surface area contributed by atoms with Gasteiger partial charge in [-0.1, -0.05) is 0 Å². The third-order valence-electron chi connectivity index (χ3n) is 2.41. The lowest BCUT2D eigenvalue weighted by Gasteiger charge is -2.20. The molecule has 1 aromatic rings. The summed E-state index contributed by atoms with van der Waals surface area (Å²) in [6.45, 7) is 1.49. The molecule has 0 saturated heterocycles. The van der Waals surface area contributed by atoms with E-state index in [0.717, 1.165) is 12.1 Å². The van der Waals surface area contributed by atoms with Crippen LogP contribution in [0.25, 0.3) is 0 Å². The van der Waals surface area contributed by atoms with Crippen LogP contribution < -0.4 is 14.8 Å². The van der Waals surface area contributed by atoms with E-state index in [4.69, 9.17) is 9.47 Å². The molecule has 0 radical (unpaired) electrons. The first-order valence-corrected chi connectivity index (χ1v) is 5.41. The Kier molecular flexibility index (Phi) is 3.46. The average molecular weight is 266 g/mol. The van der Waals surface area contributed by atoms with Gasteiger partial charge in [0.2, 0.25) is 0 Å². The molecule has 1 aliphatic rings. The molecule has 0 saturated carbocycles. The molecule has 100 valence electrons. The predicted molar refractivity (Wildman–Crippen MR) is 63.6 cm³/mol. The van der Waals surface area contributed by atoms with Gasteiger partial charge in [-0.25, -0.2) is 4.39 Å². The van der Waals surface area contributed by atoms with E-state index in [1.54, 1.807) is 0 Å². The lowest BCUT2D eigenvalue weighted by molar-refractivity contribution is -0.137. The quantitative estimate of drug-likeness (QED) is 0.815. The number of hydrogen-bond donors (Lipinski definition) is 1. The molecule has 1 heterocycles. The zero-order chi connectivity index (χ0) is 14.0. The van der Waals surface area contributed by atoms with E-state index in [9.17, 15) is 14.0 Å². The normalized spacial score (nSPS) is 18.7. The van der Waals surface area contributed by atoms with Crippen molar-refractivity contribution >= 4 is 17.6 Å².